The highest BCUT2D eigenvalue weighted by Gasteiger charge is 1.58. The van der Waals surface area contributed by atoms with Gasteiger partial charge in [-0.2, -0.15) is 0 Å². The first kappa shape index (κ1) is 11.7. The van der Waals surface area contributed by atoms with Gasteiger partial charge < -0.3 is 5.21 Å². The molecule has 3 nitrogen and oxygen atoms in total. The molecule has 0 saturated carbocycles. The van der Waals surface area contributed by atoms with E-state index in [1.165, 1.54) is 0 Å². The van der Waals surface area contributed by atoms with Crippen LogP contribution in [-0.2, 0) is 0 Å². The minimum atomic E-state index is 0. The molecule has 0 aliphatic rings. The van der Waals surface area contributed by atoms with E-state index in [2.05, 4.69) is 16.9 Å². The van der Waals surface area contributed by atoms with Gasteiger partial charge in [0.2, 0.25) is 0 Å². The van der Waals surface area contributed by atoms with Gasteiger partial charge in [0, 0.05) is 19.1 Å². The molecular weight excluding hydrogens is 152 g/mol. The van der Waals surface area contributed by atoms with Crippen LogP contribution in [0, 0.1) is 0 Å². The lowest BCUT2D eigenvalue weighted by Gasteiger charge is -1.70. The van der Waals surface area contributed by atoms with Crippen LogP contribution in [0.3, 0.4) is 0 Å². The highest BCUT2D eigenvalue weighted by atomic mass is 35.5. The van der Waals surface area contributed by atoms with Gasteiger partial charge in [0.05, 0.1) is 0 Å². The zero-order valence-electron chi connectivity index (χ0n) is 5.34. The maximum atomic E-state index is 7.08. The quantitative estimate of drug-likeness (QED) is 0.356. The summed E-state index contributed by atoms with van der Waals surface area (Å²) in [6.45, 7) is 2.67. The molecule has 0 radical (unpaired) electrons. The Balaban J connectivity index is 0. The summed E-state index contributed by atoms with van der Waals surface area (Å²) in [5.41, 5.74) is 0. The molecule has 0 aliphatic heterocycles. The molecule has 1 aromatic rings. The summed E-state index contributed by atoms with van der Waals surface area (Å²) < 4.78 is 0. The van der Waals surface area contributed by atoms with Gasteiger partial charge in [-0.05, 0) is 12.1 Å². The number of rotatable bonds is 0. The molecular formula is C6H9ClN2O. The average Bonchev–Trinajstić information content (AvgIpc) is 1.93. The fourth-order valence-electron chi connectivity index (χ4n) is 0.313. The van der Waals surface area contributed by atoms with E-state index in [0.717, 1.165) is 0 Å². The Labute approximate surface area is 65.8 Å². The number of nitrogens with zero attached hydrogens (tertiary/aromatic N) is 2. The van der Waals surface area contributed by atoms with Crippen LogP contribution in [0.2, 0.25) is 0 Å². The van der Waals surface area contributed by atoms with E-state index in [9.17, 15) is 0 Å². The number of oxime groups is 1. The number of pyridine rings is 1. The molecule has 0 bridgehead atoms. The Kier molecular flexibility index (Phi) is 12.6. The first-order valence-corrected chi connectivity index (χ1v) is 2.37. The maximum absolute atomic E-state index is 7.08. The van der Waals surface area contributed by atoms with Crippen molar-refractivity contribution in [1.82, 2.24) is 4.98 Å². The van der Waals surface area contributed by atoms with Crippen molar-refractivity contribution in [3.05, 3.63) is 30.6 Å². The Hall–Kier alpha value is -1.09. The monoisotopic (exact) mass is 160 g/mol. The summed E-state index contributed by atoms with van der Waals surface area (Å²) in [6.07, 6.45) is 3.50. The second-order valence-corrected chi connectivity index (χ2v) is 1.17. The van der Waals surface area contributed by atoms with Crippen LogP contribution >= 0.6 is 12.4 Å². The lowest BCUT2D eigenvalue weighted by molar-refractivity contribution is 0.323. The van der Waals surface area contributed by atoms with Crippen molar-refractivity contribution in [3.8, 4) is 0 Å². The van der Waals surface area contributed by atoms with E-state index in [-0.39, 0.29) is 12.4 Å². The second kappa shape index (κ2) is 10.8. The molecule has 0 aliphatic carbocycles. The largest absolute Gasteiger partial charge is 0.411 e. The van der Waals surface area contributed by atoms with Gasteiger partial charge in [0.25, 0.3) is 0 Å². The Morgan fingerprint density at radius 1 is 1.20 bits per heavy atom. The Morgan fingerprint density at radius 2 is 1.60 bits per heavy atom. The molecule has 0 spiro atoms. The number of aromatic nitrogens is 1. The Morgan fingerprint density at radius 3 is 1.70 bits per heavy atom. The number of hydrogen-bond acceptors (Lipinski definition) is 3. The summed E-state index contributed by atoms with van der Waals surface area (Å²) in [6, 6.07) is 5.72. The van der Waals surface area contributed by atoms with Crippen LogP contribution in [0.1, 0.15) is 0 Å². The molecule has 10 heavy (non-hydrogen) atoms. The van der Waals surface area contributed by atoms with Crippen molar-refractivity contribution < 1.29 is 5.21 Å². The molecule has 1 heterocycles. The summed E-state index contributed by atoms with van der Waals surface area (Å²) in [5, 5.41) is 9.33. The van der Waals surface area contributed by atoms with Gasteiger partial charge in [0.15, 0.2) is 0 Å². The van der Waals surface area contributed by atoms with Crippen LogP contribution < -0.4 is 0 Å². The van der Waals surface area contributed by atoms with Crippen molar-refractivity contribution in [2.24, 2.45) is 5.16 Å². The van der Waals surface area contributed by atoms with Crippen LogP contribution in [-0.4, -0.2) is 16.9 Å². The van der Waals surface area contributed by atoms with Gasteiger partial charge in [-0.15, -0.1) is 17.6 Å². The van der Waals surface area contributed by atoms with Crippen LogP contribution in [0.15, 0.2) is 35.7 Å². The van der Waals surface area contributed by atoms with Crippen molar-refractivity contribution in [1.29, 1.82) is 0 Å². The first-order chi connectivity index (χ1) is 4.41. The summed E-state index contributed by atoms with van der Waals surface area (Å²) in [7, 11) is 0. The van der Waals surface area contributed by atoms with E-state index in [4.69, 9.17) is 5.21 Å². The van der Waals surface area contributed by atoms with Gasteiger partial charge in [0.1, 0.15) is 0 Å². The van der Waals surface area contributed by atoms with Gasteiger partial charge in [-0.25, -0.2) is 0 Å². The molecule has 0 fully saturated rings. The van der Waals surface area contributed by atoms with Gasteiger partial charge in [-0.1, -0.05) is 6.07 Å². The lowest BCUT2D eigenvalue weighted by atomic mass is 10.5. The molecule has 0 saturated heterocycles. The average molecular weight is 161 g/mol. The minimum Gasteiger partial charge on any atom is -0.411 e. The fourth-order valence-corrected chi connectivity index (χ4v) is 0.313. The summed E-state index contributed by atoms with van der Waals surface area (Å²) in [4.78, 5) is 3.78. The second-order valence-electron chi connectivity index (χ2n) is 1.17. The molecule has 0 amide bonds. The molecule has 4 heteroatoms. The van der Waals surface area contributed by atoms with E-state index in [1.54, 1.807) is 12.4 Å². The molecule has 1 aromatic heterocycles. The lowest BCUT2D eigenvalue weighted by Crippen LogP contribution is -1.58. The molecule has 0 unspecified atom stereocenters. The predicted molar refractivity (Wildman–Crippen MR) is 42.8 cm³/mol. The van der Waals surface area contributed by atoms with E-state index >= 15 is 0 Å². The van der Waals surface area contributed by atoms with E-state index in [1.807, 2.05) is 18.2 Å². The smallest absolute Gasteiger partial charge is 0.0298 e. The van der Waals surface area contributed by atoms with E-state index in [0.29, 0.717) is 0 Å². The molecule has 0 aromatic carbocycles. The topological polar surface area (TPSA) is 45.5 Å². The minimum absolute atomic E-state index is 0. The number of hydrogen-bond donors (Lipinski definition) is 1. The Bertz CT molecular complexity index is 119. The molecule has 1 N–H and O–H groups in total. The predicted octanol–water partition coefficient (Wildman–Crippen LogP) is 1.58. The summed E-state index contributed by atoms with van der Waals surface area (Å²) in [5.74, 6) is 0. The third-order valence-corrected chi connectivity index (χ3v) is 0.566. The SMILES string of the molecule is C=NO.Cl.c1ccncc1. The zero-order chi connectivity index (χ0) is 6.95. The van der Waals surface area contributed by atoms with Crippen molar-refractivity contribution in [2.45, 2.75) is 0 Å². The molecule has 56 valence electrons. The zero-order valence-corrected chi connectivity index (χ0v) is 6.16. The van der Waals surface area contributed by atoms with Crippen molar-refractivity contribution >= 4 is 19.1 Å². The van der Waals surface area contributed by atoms with E-state index < -0.39 is 0 Å². The van der Waals surface area contributed by atoms with Crippen LogP contribution in [0.4, 0.5) is 0 Å². The van der Waals surface area contributed by atoms with Crippen molar-refractivity contribution in [2.75, 3.05) is 0 Å². The third-order valence-electron chi connectivity index (χ3n) is 0.566. The highest BCUT2D eigenvalue weighted by molar-refractivity contribution is 5.85. The third kappa shape index (κ3) is 10.0. The van der Waals surface area contributed by atoms with Crippen LogP contribution in [0.5, 0.6) is 0 Å². The van der Waals surface area contributed by atoms with Crippen molar-refractivity contribution in [3.63, 3.8) is 0 Å². The fraction of sp³-hybridized carbons (Fsp3) is 0. The molecule has 1 rings (SSSR count). The van der Waals surface area contributed by atoms with Crippen LogP contribution in [0.25, 0.3) is 0 Å². The normalized spacial score (nSPS) is 6.00. The first-order valence-electron chi connectivity index (χ1n) is 2.37. The maximum Gasteiger partial charge on any atom is 0.0298 e. The summed E-state index contributed by atoms with van der Waals surface area (Å²) >= 11 is 0. The highest BCUT2D eigenvalue weighted by Crippen LogP contribution is 1.73. The van der Waals surface area contributed by atoms with Gasteiger partial charge in [-0.3, -0.25) is 4.98 Å². The standard InChI is InChI=1S/C5H5N.CH3NO.ClH/c1-2-4-6-5-3-1;1-2-3;/h1-5H;3H,1H2;1H. The molecule has 0 atom stereocenters. The van der Waals surface area contributed by atoms with Gasteiger partial charge >= 0.3 is 0 Å². The number of halogens is 1.